The van der Waals surface area contributed by atoms with E-state index >= 15 is 0 Å². The van der Waals surface area contributed by atoms with Crippen LogP contribution < -0.4 is 0 Å². The second-order valence-electron chi connectivity index (χ2n) is 5.90. The minimum atomic E-state index is -4.48. The van der Waals surface area contributed by atoms with E-state index in [9.17, 15) is 22.5 Å². The van der Waals surface area contributed by atoms with Gasteiger partial charge in [0.2, 0.25) is 0 Å². The van der Waals surface area contributed by atoms with Crippen LogP contribution in [-0.4, -0.2) is 24.8 Å². The maximum atomic E-state index is 12.8. The number of hydrogen-bond acceptors (Lipinski definition) is 3. The van der Waals surface area contributed by atoms with E-state index in [1.165, 1.54) is 6.20 Å². The molecule has 0 aromatic carbocycles. The molecule has 116 valence electrons. The van der Waals surface area contributed by atoms with Crippen molar-refractivity contribution in [3.63, 3.8) is 0 Å². The fraction of sp³-hybridized carbons (Fsp3) is 0.643. The summed E-state index contributed by atoms with van der Waals surface area (Å²) in [6.45, 7) is 0. The summed E-state index contributed by atoms with van der Waals surface area (Å²) >= 11 is 0. The Morgan fingerprint density at radius 2 is 1.86 bits per heavy atom. The molecular formula is C14H16F3NO2S. The van der Waals surface area contributed by atoms with Gasteiger partial charge in [-0.25, -0.2) is 0 Å². The van der Waals surface area contributed by atoms with Crippen molar-refractivity contribution in [2.75, 3.05) is 0 Å². The Bertz CT molecular complexity index is 560. The zero-order valence-corrected chi connectivity index (χ0v) is 12.1. The molecule has 0 radical (unpaired) electrons. The molecule has 3 nitrogen and oxygen atoms in total. The van der Waals surface area contributed by atoms with Crippen molar-refractivity contribution in [3.05, 3.63) is 29.6 Å². The lowest BCUT2D eigenvalue weighted by molar-refractivity contribution is -0.138. The van der Waals surface area contributed by atoms with E-state index < -0.39 is 28.1 Å². The van der Waals surface area contributed by atoms with Crippen LogP contribution in [-0.2, 0) is 22.6 Å². The van der Waals surface area contributed by atoms with E-state index in [4.69, 9.17) is 0 Å². The smallest absolute Gasteiger partial charge is 0.385 e. The third kappa shape index (κ3) is 2.73. The first-order valence-electron chi connectivity index (χ1n) is 6.94. The fourth-order valence-electron chi connectivity index (χ4n) is 3.37. The van der Waals surface area contributed by atoms with E-state index in [1.54, 1.807) is 0 Å². The van der Waals surface area contributed by atoms with Gasteiger partial charge in [-0.2, -0.15) is 13.2 Å². The molecule has 2 saturated heterocycles. The summed E-state index contributed by atoms with van der Waals surface area (Å²) in [4.78, 5) is 3.63. The van der Waals surface area contributed by atoms with Crippen molar-refractivity contribution in [2.45, 2.75) is 54.4 Å². The molecule has 0 aliphatic carbocycles. The summed E-state index contributed by atoms with van der Waals surface area (Å²) in [6.07, 6.45) is 0.562. The SMILES string of the molecule is O=S1C2CCCC1CC(O)(c1cncc(C(F)(F)F)c1)C2. The van der Waals surface area contributed by atoms with E-state index in [-0.39, 0.29) is 28.9 Å². The zero-order chi connectivity index (χ0) is 15.3. The molecule has 1 aromatic heterocycles. The molecular weight excluding hydrogens is 303 g/mol. The van der Waals surface area contributed by atoms with Crippen LogP contribution in [0.4, 0.5) is 13.2 Å². The normalized spacial score (nSPS) is 36.5. The molecule has 1 aromatic rings. The number of halogens is 3. The molecule has 1 N–H and O–H groups in total. The molecule has 0 amide bonds. The first-order chi connectivity index (χ1) is 9.79. The van der Waals surface area contributed by atoms with Crippen LogP contribution in [0.5, 0.6) is 0 Å². The largest absolute Gasteiger partial charge is 0.417 e. The van der Waals surface area contributed by atoms with Gasteiger partial charge < -0.3 is 5.11 Å². The zero-order valence-electron chi connectivity index (χ0n) is 11.3. The highest BCUT2D eigenvalue weighted by Gasteiger charge is 2.47. The van der Waals surface area contributed by atoms with Gasteiger partial charge >= 0.3 is 6.18 Å². The first kappa shape index (κ1) is 15.0. The van der Waals surface area contributed by atoms with Crippen LogP contribution in [0, 0.1) is 0 Å². The van der Waals surface area contributed by atoms with Gasteiger partial charge in [-0.1, -0.05) is 6.42 Å². The molecule has 2 bridgehead atoms. The highest BCUT2D eigenvalue weighted by molar-refractivity contribution is 7.86. The van der Waals surface area contributed by atoms with Crippen molar-refractivity contribution in [2.24, 2.45) is 0 Å². The standard InChI is InChI=1S/C14H16F3NO2S/c15-14(16,17)10-4-9(7-18-8-10)13(19)5-11-2-1-3-12(6-13)21(11)20/h4,7-8,11-12,19H,1-3,5-6H2. The Balaban J connectivity index is 1.94. The molecule has 2 aliphatic rings. The van der Waals surface area contributed by atoms with E-state index in [1.807, 2.05) is 0 Å². The quantitative estimate of drug-likeness (QED) is 0.866. The average molecular weight is 319 g/mol. The summed E-state index contributed by atoms with van der Waals surface area (Å²) < 4.78 is 50.5. The lowest BCUT2D eigenvalue weighted by Crippen LogP contribution is -2.47. The van der Waals surface area contributed by atoms with Crippen LogP contribution in [0.1, 0.15) is 43.2 Å². The van der Waals surface area contributed by atoms with Crippen molar-refractivity contribution in [1.82, 2.24) is 4.98 Å². The Kier molecular flexibility index (Phi) is 3.60. The summed E-state index contributed by atoms with van der Waals surface area (Å²) in [5.41, 5.74) is -2.02. The maximum Gasteiger partial charge on any atom is 0.417 e. The lowest BCUT2D eigenvalue weighted by atomic mass is 9.81. The predicted molar refractivity (Wildman–Crippen MR) is 71.9 cm³/mol. The van der Waals surface area contributed by atoms with E-state index in [2.05, 4.69) is 4.98 Å². The first-order valence-corrected chi connectivity index (χ1v) is 8.22. The number of nitrogens with zero attached hydrogens (tertiary/aromatic N) is 1. The van der Waals surface area contributed by atoms with Gasteiger partial charge in [0.1, 0.15) is 0 Å². The molecule has 21 heavy (non-hydrogen) atoms. The molecule has 2 aliphatic heterocycles. The third-order valence-electron chi connectivity index (χ3n) is 4.44. The van der Waals surface area contributed by atoms with Crippen molar-refractivity contribution in [3.8, 4) is 0 Å². The molecule has 2 unspecified atom stereocenters. The number of pyridine rings is 1. The summed E-state index contributed by atoms with van der Waals surface area (Å²) in [6, 6.07) is 0.969. The van der Waals surface area contributed by atoms with Gasteiger partial charge in [0, 0.05) is 39.3 Å². The monoisotopic (exact) mass is 319 g/mol. The lowest BCUT2D eigenvalue weighted by Gasteiger charge is -2.43. The second-order valence-corrected chi connectivity index (χ2v) is 7.89. The Hall–Kier alpha value is -0.950. The van der Waals surface area contributed by atoms with Crippen molar-refractivity contribution >= 4 is 10.8 Å². The maximum absolute atomic E-state index is 12.8. The number of rotatable bonds is 1. The van der Waals surface area contributed by atoms with Crippen LogP contribution in [0.15, 0.2) is 18.5 Å². The Labute approximate surface area is 123 Å². The molecule has 2 atom stereocenters. The molecule has 7 heteroatoms. The summed E-state index contributed by atoms with van der Waals surface area (Å²) in [7, 11) is -0.981. The molecule has 3 rings (SSSR count). The van der Waals surface area contributed by atoms with Gasteiger partial charge in [-0.3, -0.25) is 9.19 Å². The molecule has 3 heterocycles. The summed E-state index contributed by atoms with van der Waals surface area (Å²) in [5.74, 6) is 0. The minimum Gasteiger partial charge on any atom is -0.385 e. The molecule has 2 fully saturated rings. The van der Waals surface area contributed by atoms with Crippen LogP contribution in [0.2, 0.25) is 0 Å². The van der Waals surface area contributed by atoms with Crippen molar-refractivity contribution in [1.29, 1.82) is 0 Å². The second kappa shape index (κ2) is 5.05. The highest BCUT2D eigenvalue weighted by atomic mass is 32.2. The third-order valence-corrected chi connectivity index (χ3v) is 6.56. The van der Waals surface area contributed by atoms with Crippen LogP contribution in [0.3, 0.4) is 0 Å². The Morgan fingerprint density at radius 1 is 1.24 bits per heavy atom. The van der Waals surface area contributed by atoms with Crippen LogP contribution in [0.25, 0.3) is 0 Å². The van der Waals surface area contributed by atoms with Crippen molar-refractivity contribution < 1.29 is 22.5 Å². The number of aromatic nitrogens is 1. The number of alkyl halides is 3. The van der Waals surface area contributed by atoms with Gasteiger partial charge in [-0.15, -0.1) is 0 Å². The topological polar surface area (TPSA) is 50.2 Å². The van der Waals surface area contributed by atoms with Gasteiger partial charge in [0.15, 0.2) is 0 Å². The van der Waals surface area contributed by atoms with Gasteiger partial charge in [0.25, 0.3) is 0 Å². The number of fused-ring (bicyclic) bond motifs is 2. The van der Waals surface area contributed by atoms with Gasteiger partial charge in [-0.05, 0) is 31.7 Å². The number of hydrogen-bond donors (Lipinski definition) is 1. The van der Waals surface area contributed by atoms with Gasteiger partial charge in [0.05, 0.1) is 11.2 Å². The highest BCUT2D eigenvalue weighted by Crippen LogP contribution is 2.45. The predicted octanol–water partition coefficient (Wildman–Crippen LogP) is 2.75. The average Bonchev–Trinajstić information content (AvgIpc) is 2.40. The Morgan fingerprint density at radius 3 is 2.43 bits per heavy atom. The minimum absolute atomic E-state index is 0.128. The van der Waals surface area contributed by atoms with E-state index in [0.717, 1.165) is 31.5 Å². The summed E-state index contributed by atoms with van der Waals surface area (Å²) in [5, 5.41) is 10.6. The van der Waals surface area contributed by atoms with Crippen LogP contribution >= 0.6 is 0 Å². The molecule has 0 spiro atoms. The molecule has 0 saturated carbocycles. The van der Waals surface area contributed by atoms with E-state index in [0.29, 0.717) is 0 Å². The fourth-order valence-corrected chi connectivity index (χ4v) is 5.59. The number of aliphatic hydroxyl groups is 1.